The molecule has 0 bridgehead atoms. The molecule has 0 aliphatic carbocycles. The molecule has 3 aromatic rings. The van der Waals surface area contributed by atoms with Crippen LogP contribution < -0.4 is 14.9 Å². The van der Waals surface area contributed by atoms with Crippen molar-refractivity contribution < 1.29 is 14.4 Å². The number of methoxy groups -OCH3 is 1. The molecule has 7 nitrogen and oxygen atoms in total. The van der Waals surface area contributed by atoms with Crippen LogP contribution in [0, 0.1) is 10.1 Å². The molecule has 3 aromatic carbocycles. The van der Waals surface area contributed by atoms with E-state index in [4.69, 9.17) is 21.1 Å². The van der Waals surface area contributed by atoms with Crippen molar-refractivity contribution in [3.63, 3.8) is 0 Å². The van der Waals surface area contributed by atoms with E-state index >= 15 is 0 Å². The molecule has 8 heteroatoms. The van der Waals surface area contributed by atoms with Crippen LogP contribution in [0.3, 0.4) is 0 Å². The van der Waals surface area contributed by atoms with Crippen LogP contribution in [0.5, 0.6) is 11.5 Å². The molecule has 0 atom stereocenters. The Kier molecular flexibility index (Phi) is 7.24. The van der Waals surface area contributed by atoms with Crippen molar-refractivity contribution in [1.82, 2.24) is 5.43 Å². The van der Waals surface area contributed by atoms with Crippen LogP contribution >= 0.6 is 11.6 Å². The van der Waals surface area contributed by atoms with Gasteiger partial charge in [-0.15, -0.1) is 0 Å². The molecule has 0 spiro atoms. The molecular formula is C22H20ClN3O4. The Bertz CT molecular complexity index is 1040. The number of benzene rings is 3. The van der Waals surface area contributed by atoms with Gasteiger partial charge in [0.1, 0.15) is 18.1 Å². The first-order valence-corrected chi connectivity index (χ1v) is 9.48. The lowest BCUT2D eigenvalue weighted by Gasteiger charge is -2.10. The van der Waals surface area contributed by atoms with Gasteiger partial charge in [0, 0.05) is 28.3 Å². The van der Waals surface area contributed by atoms with Crippen molar-refractivity contribution in [1.29, 1.82) is 0 Å². The summed E-state index contributed by atoms with van der Waals surface area (Å²) in [5.74, 6) is 1.38. The third-order valence-corrected chi connectivity index (χ3v) is 4.51. The highest BCUT2D eigenvalue weighted by Crippen LogP contribution is 2.23. The SMILES string of the molecule is COc1ccccc1CN/N=C/c1cc(Cl)ccc1OCc1ccc([N+](=O)[O-])cc1. The van der Waals surface area contributed by atoms with Gasteiger partial charge in [-0.05, 0) is 42.0 Å². The number of para-hydroxylation sites is 1. The number of hydrogen-bond acceptors (Lipinski definition) is 6. The summed E-state index contributed by atoms with van der Waals surface area (Å²) in [4.78, 5) is 10.3. The van der Waals surface area contributed by atoms with E-state index in [0.717, 1.165) is 16.9 Å². The van der Waals surface area contributed by atoms with Crippen LogP contribution in [0.2, 0.25) is 5.02 Å². The fourth-order valence-electron chi connectivity index (χ4n) is 2.72. The summed E-state index contributed by atoms with van der Waals surface area (Å²) in [5, 5.41) is 15.6. The summed E-state index contributed by atoms with van der Waals surface area (Å²) in [6.07, 6.45) is 1.63. The van der Waals surface area contributed by atoms with E-state index in [1.807, 2.05) is 24.3 Å². The minimum atomic E-state index is -0.434. The molecule has 0 saturated heterocycles. The van der Waals surface area contributed by atoms with Crippen LogP contribution in [-0.2, 0) is 13.2 Å². The van der Waals surface area contributed by atoms with Gasteiger partial charge in [-0.2, -0.15) is 5.10 Å². The van der Waals surface area contributed by atoms with Gasteiger partial charge in [0.2, 0.25) is 0 Å². The van der Waals surface area contributed by atoms with Crippen molar-refractivity contribution in [3.05, 3.63) is 98.6 Å². The molecule has 0 aromatic heterocycles. The summed E-state index contributed by atoms with van der Waals surface area (Å²) in [7, 11) is 1.63. The van der Waals surface area contributed by atoms with E-state index in [9.17, 15) is 10.1 Å². The van der Waals surface area contributed by atoms with Gasteiger partial charge in [0.05, 0.1) is 24.8 Å². The molecule has 0 saturated carbocycles. The maximum Gasteiger partial charge on any atom is 0.269 e. The van der Waals surface area contributed by atoms with Crippen LogP contribution in [0.25, 0.3) is 0 Å². The van der Waals surface area contributed by atoms with Crippen molar-refractivity contribution in [2.75, 3.05) is 7.11 Å². The fraction of sp³-hybridized carbons (Fsp3) is 0.136. The minimum Gasteiger partial charge on any atom is -0.496 e. The van der Waals surface area contributed by atoms with Gasteiger partial charge in [-0.25, -0.2) is 0 Å². The number of hydrogen-bond donors (Lipinski definition) is 1. The average Bonchev–Trinajstić information content (AvgIpc) is 2.76. The first-order valence-electron chi connectivity index (χ1n) is 9.10. The number of ether oxygens (including phenoxy) is 2. The zero-order valence-corrected chi connectivity index (χ0v) is 17.0. The smallest absolute Gasteiger partial charge is 0.269 e. The summed E-state index contributed by atoms with van der Waals surface area (Å²) < 4.78 is 11.2. The number of non-ortho nitro benzene ring substituents is 1. The summed E-state index contributed by atoms with van der Waals surface area (Å²) >= 11 is 6.11. The molecule has 1 N–H and O–H groups in total. The Labute approximate surface area is 179 Å². The largest absolute Gasteiger partial charge is 0.496 e. The van der Waals surface area contributed by atoms with Crippen LogP contribution in [0.4, 0.5) is 5.69 Å². The number of rotatable bonds is 9. The first kappa shape index (κ1) is 21.1. The third-order valence-electron chi connectivity index (χ3n) is 4.27. The highest BCUT2D eigenvalue weighted by molar-refractivity contribution is 6.30. The number of nitrogens with one attached hydrogen (secondary N) is 1. The molecule has 0 amide bonds. The highest BCUT2D eigenvalue weighted by Gasteiger charge is 2.07. The lowest BCUT2D eigenvalue weighted by molar-refractivity contribution is -0.384. The van der Waals surface area contributed by atoms with Gasteiger partial charge in [-0.1, -0.05) is 29.8 Å². The molecule has 0 aliphatic heterocycles. The number of hydrazone groups is 1. The molecule has 0 aliphatic rings. The normalized spacial score (nSPS) is 10.7. The fourth-order valence-corrected chi connectivity index (χ4v) is 2.90. The van der Waals surface area contributed by atoms with Crippen LogP contribution in [0.1, 0.15) is 16.7 Å². The summed E-state index contributed by atoms with van der Waals surface area (Å²) in [6.45, 7) is 0.759. The van der Waals surface area contributed by atoms with Crippen molar-refractivity contribution in [2.45, 2.75) is 13.2 Å². The zero-order valence-electron chi connectivity index (χ0n) is 16.2. The van der Waals surface area contributed by atoms with Gasteiger partial charge in [0.25, 0.3) is 5.69 Å². The van der Waals surface area contributed by atoms with E-state index in [1.54, 1.807) is 43.7 Å². The van der Waals surface area contributed by atoms with Crippen molar-refractivity contribution >= 4 is 23.5 Å². The molecule has 0 heterocycles. The van der Waals surface area contributed by atoms with Crippen molar-refractivity contribution in [3.8, 4) is 11.5 Å². The van der Waals surface area contributed by atoms with E-state index in [-0.39, 0.29) is 12.3 Å². The standard InChI is InChI=1S/C22H20ClN3O4/c1-29-21-5-3-2-4-17(21)13-24-25-14-18-12-19(23)8-11-22(18)30-15-16-6-9-20(10-7-16)26(27)28/h2-12,14,24H,13,15H2,1H3/b25-14+. The Morgan fingerprint density at radius 3 is 2.60 bits per heavy atom. The second kappa shape index (κ2) is 10.3. The lowest BCUT2D eigenvalue weighted by atomic mass is 10.2. The maximum absolute atomic E-state index is 10.8. The Balaban J connectivity index is 1.64. The zero-order chi connectivity index (χ0) is 21.3. The van der Waals surface area contributed by atoms with E-state index < -0.39 is 4.92 Å². The average molecular weight is 426 g/mol. The van der Waals surface area contributed by atoms with Crippen LogP contribution in [-0.4, -0.2) is 18.2 Å². The first-order chi connectivity index (χ1) is 14.6. The molecule has 0 unspecified atom stereocenters. The Hall–Kier alpha value is -3.58. The quantitative estimate of drug-likeness (QED) is 0.297. The Morgan fingerprint density at radius 1 is 1.10 bits per heavy atom. The van der Waals surface area contributed by atoms with E-state index in [0.29, 0.717) is 22.9 Å². The Morgan fingerprint density at radius 2 is 1.87 bits per heavy atom. The lowest BCUT2D eigenvalue weighted by Crippen LogP contribution is -2.07. The summed E-state index contributed by atoms with van der Waals surface area (Å²) in [5.41, 5.74) is 5.53. The number of nitro groups is 1. The van der Waals surface area contributed by atoms with E-state index in [1.165, 1.54) is 12.1 Å². The number of nitro benzene ring substituents is 1. The predicted molar refractivity (Wildman–Crippen MR) is 116 cm³/mol. The third kappa shape index (κ3) is 5.71. The molecule has 30 heavy (non-hydrogen) atoms. The predicted octanol–water partition coefficient (Wildman–Crippen LogP) is 4.96. The van der Waals surface area contributed by atoms with Gasteiger partial charge < -0.3 is 14.9 Å². The second-order valence-electron chi connectivity index (χ2n) is 6.30. The highest BCUT2D eigenvalue weighted by atomic mass is 35.5. The number of halogens is 1. The van der Waals surface area contributed by atoms with Crippen LogP contribution in [0.15, 0.2) is 71.8 Å². The second-order valence-corrected chi connectivity index (χ2v) is 6.74. The van der Waals surface area contributed by atoms with Gasteiger partial charge in [0.15, 0.2) is 0 Å². The molecule has 0 radical (unpaired) electrons. The van der Waals surface area contributed by atoms with E-state index in [2.05, 4.69) is 10.5 Å². The molecule has 3 rings (SSSR count). The molecular weight excluding hydrogens is 406 g/mol. The monoisotopic (exact) mass is 425 g/mol. The van der Waals surface area contributed by atoms with Gasteiger partial charge >= 0.3 is 0 Å². The molecule has 154 valence electrons. The van der Waals surface area contributed by atoms with Gasteiger partial charge in [-0.3, -0.25) is 10.1 Å². The summed E-state index contributed by atoms with van der Waals surface area (Å²) in [6, 6.07) is 19.2. The minimum absolute atomic E-state index is 0.0409. The topological polar surface area (TPSA) is 86.0 Å². The molecule has 0 fully saturated rings. The number of nitrogens with zero attached hydrogens (tertiary/aromatic N) is 2. The maximum atomic E-state index is 10.8. The van der Waals surface area contributed by atoms with Crippen molar-refractivity contribution in [2.24, 2.45) is 5.10 Å².